The van der Waals surface area contributed by atoms with Gasteiger partial charge in [0, 0.05) is 6.04 Å². The van der Waals surface area contributed by atoms with Crippen LogP contribution in [0.1, 0.15) is 64.7 Å². The highest BCUT2D eigenvalue weighted by molar-refractivity contribution is 4.87. The smallest absolute Gasteiger partial charge is 0.0695 e. The second-order valence-electron chi connectivity index (χ2n) is 6.03. The zero-order valence-electron chi connectivity index (χ0n) is 11.4. The molecule has 0 aromatic carbocycles. The van der Waals surface area contributed by atoms with Gasteiger partial charge in [-0.3, -0.25) is 4.90 Å². The molecule has 100 valence electrons. The van der Waals surface area contributed by atoms with Gasteiger partial charge in [0.25, 0.3) is 0 Å². The molecule has 2 nitrogen and oxygen atoms in total. The van der Waals surface area contributed by atoms with Gasteiger partial charge in [0.2, 0.25) is 0 Å². The lowest BCUT2D eigenvalue weighted by Crippen LogP contribution is -2.48. The van der Waals surface area contributed by atoms with Gasteiger partial charge in [-0.05, 0) is 51.1 Å². The van der Waals surface area contributed by atoms with E-state index in [4.69, 9.17) is 0 Å². The van der Waals surface area contributed by atoms with Gasteiger partial charge in [-0.25, -0.2) is 0 Å². The maximum Gasteiger partial charge on any atom is 0.0695 e. The first-order valence-electron chi connectivity index (χ1n) is 7.73. The van der Waals surface area contributed by atoms with Gasteiger partial charge >= 0.3 is 0 Å². The Kier molecular flexibility index (Phi) is 5.30. The third-order valence-electron chi connectivity index (χ3n) is 4.83. The van der Waals surface area contributed by atoms with E-state index in [1.165, 1.54) is 64.5 Å². The van der Waals surface area contributed by atoms with E-state index in [0.29, 0.717) is 6.04 Å². The number of aliphatic hydroxyl groups is 1. The zero-order chi connectivity index (χ0) is 12.1. The lowest BCUT2D eigenvalue weighted by atomic mass is 9.81. The van der Waals surface area contributed by atoms with E-state index >= 15 is 0 Å². The summed E-state index contributed by atoms with van der Waals surface area (Å²) in [6.07, 6.45) is 11.6. The monoisotopic (exact) mass is 239 g/mol. The van der Waals surface area contributed by atoms with Gasteiger partial charge in [-0.2, -0.15) is 0 Å². The Bertz CT molecular complexity index is 211. The van der Waals surface area contributed by atoms with Gasteiger partial charge in [0.05, 0.1) is 6.10 Å². The first kappa shape index (κ1) is 13.4. The van der Waals surface area contributed by atoms with Gasteiger partial charge in [-0.1, -0.05) is 32.6 Å². The molecule has 1 heterocycles. The van der Waals surface area contributed by atoms with Gasteiger partial charge in [0.15, 0.2) is 0 Å². The Balaban J connectivity index is 1.92. The minimum Gasteiger partial charge on any atom is -0.391 e. The molecule has 2 aliphatic rings. The van der Waals surface area contributed by atoms with Crippen LogP contribution in [0.3, 0.4) is 0 Å². The largest absolute Gasteiger partial charge is 0.391 e. The van der Waals surface area contributed by atoms with E-state index in [2.05, 4.69) is 11.8 Å². The highest BCUT2D eigenvalue weighted by Crippen LogP contribution is 2.31. The quantitative estimate of drug-likeness (QED) is 0.800. The lowest BCUT2D eigenvalue weighted by Gasteiger charge is -2.41. The Morgan fingerprint density at radius 2 is 1.65 bits per heavy atom. The molecule has 0 aromatic rings. The van der Waals surface area contributed by atoms with Crippen molar-refractivity contribution >= 4 is 0 Å². The highest BCUT2D eigenvalue weighted by atomic mass is 16.3. The number of hydrogen-bond acceptors (Lipinski definition) is 2. The van der Waals surface area contributed by atoms with Crippen LogP contribution in [0.5, 0.6) is 0 Å². The summed E-state index contributed by atoms with van der Waals surface area (Å²) >= 11 is 0. The maximum atomic E-state index is 10.3. The number of rotatable bonds is 2. The van der Waals surface area contributed by atoms with Gasteiger partial charge < -0.3 is 5.11 Å². The number of aliphatic hydroxyl groups excluding tert-OH is 1. The Morgan fingerprint density at radius 3 is 2.29 bits per heavy atom. The molecule has 3 atom stereocenters. The molecule has 1 aliphatic heterocycles. The summed E-state index contributed by atoms with van der Waals surface area (Å²) in [5, 5.41) is 10.3. The van der Waals surface area contributed by atoms with Crippen LogP contribution in [-0.2, 0) is 0 Å². The molecule has 1 aliphatic carbocycles. The van der Waals surface area contributed by atoms with E-state index < -0.39 is 0 Å². The van der Waals surface area contributed by atoms with Crippen LogP contribution < -0.4 is 0 Å². The molecule has 1 saturated carbocycles. The molecule has 1 saturated heterocycles. The molecule has 2 fully saturated rings. The van der Waals surface area contributed by atoms with Gasteiger partial charge in [0.1, 0.15) is 0 Å². The molecule has 0 radical (unpaired) electrons. The minimum atomic E-state index is -0.0581. The summed E-state index contributed by atoms with van der Waals surface area (Å²) < 4.78 is 0. The van der Waals surface area contributed by atoms with E-state index in [9.17, 15) is 5.11 Å². The fourth-order valence-electron chi connectivity index (χ4n) is 3.58. The van der Waals surface area contributed by atoms with E-state index in [0.717, 1.165) is 12.3 Å². The Labute approximate surface area is 106 Å². The average Bonchev–Trinajstić information content (AvgIpc) is 2.30. The predicted molar refractivity (Wildman–Crippen MR) is 72.1 cm³/mol. The summed E-state index contributed by atoms with van der Waals surface area (Å²) in [4.78, 5) is 2.60. The van der Waals surface area contributed by atoms with Crippen LogP contribution in [0.15, 0.2) is 0 Å². The van der Waals surface area contributed by atoms with Crippen LogP contribution in [0.2, 0.25) is 0 Å². The third kappa shape index (κ3) is 3.69. The number of likely N-dealkylation sites (tertiary alicyclic amines) is 1. The normalized spacial score (nSPS) is 37.4. The van der Waals surface area contributed by atoms with Crippen LogP contribution in [0.25, 0.3) is 0 Å². The van der Waals surface area contributed by atoms with Crippen molar-refractivity contribution in [2.24, 2.45) is 5.92 Å². The van der Waals surface area contributed by atoms with Gasteiger partial charge in [-0.15, -0.1) is 0 Å². The van der Waals surface area contributed by atoms with Crippen LogP contribution in [0, 0.1) is 5.92 Å². The number of hydrogen-bond donors (Lipinski definition) is 1. The van der Waals surface area contributed by atoms with Crippen LogP contribution in [0.4, 0.5) is 0 Å². The standard InChI is InChI=1S/C15H29NO/c1-2-13-8-9-15(17)14(12-13)16-10-6-4-3-5-7-11-16/h13-15,17H,2-12H2,1H3. The van der Waals surface area contributed by atoms with Crippen LogP contribution in [-0.4, -0.2) is 35.2 Å². The first-order chi connectivity index (χ1) is 8.31. The molecular formula is C15H29NO. The van der Waals surface area contributed by atoms with Crippen molar-refractivity contribution in [1.29, 1.82) is 0 Å². The third-order valence-corrected chi connectivity index (χ3v) is 4.83. The van der Waals surface area contributed by atoms with Crippen LogP contribution >= 0.6 is 0 Å². The summed E-state index contributed by atoms with van der Waals surface area (Å²) in [5.74, 6) is 0.855. The van der Waals surface area contributed by atoms with E-state index in [1.807, 2.05) is 0 Å². The maximum absolute atomic E-state index is 10.3. The first-order valence-corrected chi connectivity index (χ1v) is 7.73. The Morgan fingerprint density at radius 1 is 1.00 bits per heavy atom. The zero-order valence-corrected chi connectivity index (χ0v) is 11.4. The number of nitrogens with zero attached hydrogens (tertiary/aromatic N) is 1. The fraction of sp³-hybridized carbons (Fsp3) is 1.00. The molecule has 0 amide bonds. The van der Waals surface area contributed by atoms with Crippen molar-refractivity contribution in [3.8, 4) is 0 Å². The molecule has 3 unspecified atom stereocenters. The molecule has 2 rings (SSSR count). The SMILES string of the molecule is CCC1CCC(O)C(N2CCCCCCC2)C1. The van der Waals surface area contributed by atoms with E-state index in [1.54, 1.807) is 0 Å². The van der Waals surface area contributed by atoms with E-state index in [-0.39, 0.29) is 6.10 Å². The molecular weight excluding hydrogens is 210 g/mol. The molecule has 0 aromatic heterocycles. The summed E-state index contributed by atoms with van der Waals surface area (Å²) in [6, 6.07) is 0.465. The summed E-state index contributed by atoms with van der Waals surface area (Å²) in [5.41, 5.74) is 0. The Hall–Kier alpha value is -0.0800. The topological polar surface area (TPSA) is 23.5 Å². The van der Waals surface area contributed by atoms with Crippen molar-refractivity contribution in [1.82, 2.24) is 4.90 Å². The molecule has 0 spiro atoms. The molecule has 1 N–H and O–H groups in total. The second-order valence-corrected chi connectivity index (χ2v) is 6.03. The minimum absolute atomic E-state index is 0.0581. The predicted octanol–water partition coefficient (Wildman–Crippen LogP) is 3.19. The summed E-state index contributed by atoms with van der Waals surface area (Å²) in [7, 11) is 0. The van der Waals surface area contributed by atoms with Crippen molar-refractivity contribution in [3.05, 3.63) is 0 Å². The van der Waals surface area contributed by atoms with Crippen molar-refractivity contribution in [2.75, 3.05) is 13.1 Å². The second kappa shape index (κ2) is 6.75. The molecule has 17 heavy (non-hydrogen) atoms. The molecule has 2 heteroatoms. The fourth-order valence-corrected chi connectivity index (χ4v) is 3.58. The highest BCUT2D eigenvalue weighted by Gasteiger charge is 2.32. The van der Waals surface area contributed by atoms with Crippen molar-refractivity contribution < 1.29 is 5.11 Å². The summed E-state index contributed by atoms with van der Waals surface area (Å²) in [6.45, 7) is 4.74. The average molecular weight is 239 g/mol. The van der Waals surface area contributed by atoms with Crippen molar-refractivity contribution in [2.45, 2.75) is 76.9 Å². The van der Waals surface area contributed by atoms with Crippen molar-refractivity contribution in [3.63, 3.8) is 0 Å². The lowest BCUT2D eigenvalue weighted by molar-refractivity contribution is -0.000655. The molecule has 0 bridgehead atoms.